The third kappa shape index (κ3) is 4.14. The van der Waals surface area contributed by atoms with E-state index in [2.05, 4.69) is 10.2 Å². The molecule has 132 valence electrons. The van der Waals surface area contributed by atoms with Crippen LogP contribution in [0.25, 0.3) is 0 Å². The molecule has 0 unspecified atom stereocenters. The third-order valence-electron chi connectivity index (χ3n) is 4.18. The van der Waals surface area contributed by atoms with Gasteiger partial charge in [-0.25, -0.2) is 8.42 Å². The molecule has 0 bridgehead atoms. The molecular formula is C18H19ClN2O3S. The van der Waals surface area contributed by atoms with Gasteiger partial charge in [0, 0.05) is 29.9 Å². The summed E-state index contributed by atoms with van der Waals surface area (Å²) in [5.74, 6) is -0.367. The monoisotopic (exact) mass is 378 g/mol. The molecule has 1 aliphatic rings. The van der Waals surface area contributed by atoms with Crippen molar-refractivity contribution in [3.8, 4) is 0 Å². The second-order valence-electron chi connectivity index (χ2n) is 6.11. The number of rotatable bonds is 4. The summed E-state index contributed by atoms with van der Waals surface area (Å²) in [5, 5.41) is 3.39. The van der Waals surface area contributed by atoms with E-state index in [4.69, 9.17) is 11.6 Å². The molecule has 0 radical (unpaired) electrons. The van der Waals surface area contributed by atoms with E-state index in [-0.39, 0.29) is 16.4 Å². The lowest BCUT2D eigenvalue weighted by atomic mass is 10.2. The average molecular weight is 379 g/mol. The van der Waals surface area contributed by atoms with Gasteiger partial charge in [-0.15, -0.1) is 0 Å². The van der Waals surface area contributed by atoms with E-state index >= 15 is 0 Å². The molecule has 5 nitrogen and oxygen atoms in total. The van der Waals surface area contributed by atoms with Crippen molar-refractivity contribution < 1.29 is 13.2 Å². The molecule has 25 heavy (non-hydrogen) atoms. The predicted octanol–water partition coefficient (Wildman–Crippen LogP) is 3.60. The summed E-state index contributed by atoms with van der Waals surface area (Å²) in [6.45, 7) is 1.88. The number of hydrogen-bond acceptors (Lipinski definition) is 4. The summed E-state index contributed by atoms with van der Waals surface area (Å²) in [6, 6.07) is 11.4. The fourth-order valence-electron chi connectivity index (χ4n) is 2.90. The summed E-state index contributed by atoms with van der Waals surface area (Å²) in [7, 11) is -3.37. The molecule has 1 heterocycles. The molecule has 2 aromatic rings. The first kappa shape index (κ1) is 17.8. The van der Waals surface area contributed by atoms with E-state index < -0.39 is 9.84 Å². The number of amides is 1. The highest BCUT2D eigenvalue weighted by Crippen LogP contribution is 2.32. The first-order chi connectivity index (χ1) is 11.8. The molecule has 3 rings (SSSR count). The van der Waals surface area contributed by atoms with E-state index in [1.807, 2.05) is 6.07 Å². The fraction of sp³-hybridized carbons (Fsp3) is 0.278. The number of sulfone groups is 1. The third-order valence-corrected chi connectivity index (χ3v) is 5.52. The Bertz CT molecular complexity index is 906. The van der Waals surface area contributed by atoms with Gasteiger partial charge < -0.3 is 10.2 Å². The van der Waals surface area contributed by atoms with Crippen LogP contribution < -0.4 is 10.2 Å². The summed E-state index contributed by atoms with van der Waals surface area (Å²) >= 11 is 6.09. The Morgan fingerprint density at radius 1 is 1.12 bits per heavy atom. The average Bonchev–Trinajstić information content (AvgIpc) is 3.08. The number of carbonyl (C=O) groups is 1. The Labute approximate surface area is 152 Å². The molecule has 1 N–H and O–H groups in total. The molecule has 0 spiro atoms. The molecule has 0 aromatic heterocycles. The van der Waals surface area contributed by atoms with Gasteiger partial charge in [-0.05, 0) is 49.2 Å². The Morgan fingerprint density at radius 2 is 1.84 bits per heavy atom. The number of halogens is 1. The molecule has 0 aliphatic carbocycles. The Morgan fingerprint density at radius 3 is 2.52 bits per heavy atom. The summed E-state index contributed by atoms with van der Waals surface area (Å²) in [5.41, 5.74) is 1.84. The maximum atomic E-state index is 12.6. The second kappa shape index (κ2) is 7.06. The highest BCUT2D eigenvalue weighted by atomic mass is 35.5. The summed E-state index contributed by atoms with van der Waals surface area (Å²) in [6.07, 6.45) is 3.35. The van der Waals surface area contributed by atoms with Gasteiger partial charge in [0.2, 0.25) is 0 Å². The Balaban J connectivity index is 1.90. The molecule has 0 saturated carbocycles. The van der Waals surface area contributed by atoms with Crippen LogP contribution in [-0.4, -0.2) is 33.7 Å². The highest BCUT2D eigenvalue weighted by Gasteiger charge is 2.18. The van der Waals surface area contributed by atoms with E-state index in [0.29, 0.717) is 10.7 Å². The zero-order valence-electron chi connectivity index (χ0n) is 13.8. The maximum absolute atomic E-state index is 12.6. The SMILES string of the molecule is CS(=O)(=O)c1cccc(C(=O)Nc2cc(Cl)ccc2N2CCCC2)c1. The van der Waals surface area contributed by atoms with Crippen LogP contribution in [0.4, 0.5) is 11.4 Å². The van der Waals surface area contributed by atoms with Crippen molar-refractivity contribution in [2.75, 3.05) is 29.6 Å². The lowest BCUT2D eigenvalue weighted by Crippen LogP contribution is -2.21. The minimum absolute atomic E-state index is 0.117. The Hall–Kier alpha value is -2.05. The molecule has 1 fully saturated rings. The molecule has 1 saturated heterocycles. The molecule has 2 aromatic carbocycles. The van der Waals surface area contributed by atoms with Crippen molar-refractivity contribution in [2.45, 2.75) is 17.7 Å². The van der Waals surface area contributed by atoms with Gasteiger partial charge >= 0.3 is 0 Å². The van der Waals surface area contributed by atoms with Crippen molar-refractivity contribution >= 4 is 38.7 Å². The van der Waals surface area contributed by atoms with Crippen LogP contribution >= 0.6 is 11.6 Å². The zero-order chi connectivity index (χ0) is 18.0. The minimum atomic E-state index is -3.37. The fourth-order valence-corrected chi connectivity index (χ4v) is 3.74. The predicted molar refractivity (Wildman–Crippen MR) is 100 cm³/mol. The first-order valence-electron chi connectivity index (χ1n) is 8.00. The number of nitrogens with one attached hydrogen (secondary N) is 1. The molecule has 1 aliphatic heterocycles. The standard InChI is InChI=1S/C18H19ClN2O3S/c1-25(23,24)15-6-4-5-13(11-15)18(22)20-16-12-14(19)7-8-17(16)21-9-2-3-10-21/h4-8,11-12H,2-3,9-10H2,1H3,(H,20,22). The van der Waals surface area contributed by atoms with Gasteiger partial charge in [0.25, 0.3) is 5.91 Å². The normalized spacial score (nSPS) is 14.6. The first-order valence-corrected chi connectivity index (χ1v) is 10.3. The van der Waals surface area contributed by atoms with E-state index in [0.717, 1.165) is 37.9 Å². The quantitative estimate of drug-likeness (QED) is 0.882. The van der Waals surface area contributed by atoms with E-state index in [1.165, 1.54) is 12.1 Å². The summed E-state index contributed by atoms with van der Waals surface area (Å²) < 4.78 is 23.4. The summed E-state index contributed by atoms with van der Waals surface area (Å²) in [4.78, 5) is 14.9. The molecule has 0 atom stereocenters. The number of hydrogen-bond donors (Lipinski definition) is 1. The van der Waals surface area contributed by atoms with Crippen LogP contribution in [0.3, 0.4) is 0 Å². The topological polar surface area (TPSA) is 66.5 Å². The van der Waals surface area contributed by atoms with Crippen LogP contribution in [0, 0.1) is 0 Å². The van der Waals surface area contributed by atoms with E-state index in [9.17, 15) is 13.2 Å². The van der Waals surface area contributed by atoms with Crippen molar-refractivity contribution in [1.29, 1.82) is 0 Å². The van der Waals surface area contributed by atoms with Crippen molar-refractivity contribution in [3.63, 3.8) is 0 Å². The van der Waals surface area contributed by atoms with Gasteiger partial charge in [0.15, 0.2) is 9.84 Å². The molecular weight excluding hydrogens is 360 g/mol. The van der Waals surface area contributed by atoms with E-state index in [1.54, 1.807) is 24.3 Å². The lowest BCUT2D eigenvalue weighted by molar-refractivity contribution is 0.102. The van der Waals surface area contributed by atoms with Crippen LogP contribution in [0.15, 0.2) is 47.4 Å². The van der Waals surface area contributed by atoms with Crippen LogP contribution in [0.2, 0.25) is 5.02 Å². The molecule has 1 amide bonds. The van der Waals surface area contributed by atoms with Gasteiger partial charge in [0.1, 0.15) is 0 Å². The maximum Gasteiger partial charge on any atom is 0.255 e. The largest absolute Gasteiger partial charge is 0.370 e. The van der Waals surface area contributed by atoms with Crippen molar-refractivity contribution in [2.24, 2.45) is 0 Å². The number of anilines is 2. The van der Waals surface area contributed by atoms with Crippen molar-refractivity contribution in [1.82, 2.24) is 0 Å². The van der Waals surface area contributed by atoms with Gasteiger partial charge in [0.05, 0.1) is 16.3 Å². The number of nitrogens with zero attached hydrogens (tertiary/aromatic N) is 1. The minimum Gasteiger partial charge on any atom is -0.370 e. The Kier molecular flexibility index (Phi) is 5.01. The van der Waals surface area contributed by atoms with Crippen LogP contribution in [-0.2, 0) is 9.84 Å². The van der Waals surface area contributed by atoms with Crippen molar-refractivity contribution in [3.05, 3.63) is 53.1 Å². The highest BCUT2D eigenvalue weighted by molar-refractivity contribution is 7.90. The number of benzene rings is 2. The van der Waals surface area contributed by atoms with Crippen LogP contribution in [0.1, 0.15) is 23.2 Å². The van der Waals surface area contributed by atoms with Crippen LogP contribution in [0.5, 0.6) is 0 Å². The second-order valence-corrected chi connectivity index (χ2v) is 8.56. The molecule has 7 heteroatoms. The van der Waals surface area contributed by atoms with Gasteiger partial charge in [-0.2, -0.15) is 0 Å². The zero-order valence-corrected chi connectivity index (χ0v) is 15.4. The number of carbonyl (C=O) groups excluding carboxylic acids is 1. The smallest absolute Gasteiger partial charge is 0.255 e. The van der Waals surface area contributed by atoms with Gasteiger partial charge in [-0.1, -0.05) is 17.7 Å². The van der Waals surface area contributed by atoms with Gasteiger partial charge in [-0.3, -0.25) is 4.79 Å². The lowest BCUT2D eigenvalue weighted by Gasteiger charge is -2.22.